The monoisotopic (exact) mass is 342 g/mol. The van der Waals surface area contributed by atoms with Gasteiger partial charge < -0.3 is 9.55 Å². The number of nitrogens with zero attached hydrogens (tertiary/aromatic N) is 1. The lowest BCUT2D eigenvalue weighted by atomic mass is 9.85. The third-order valence-corrected chi connectivity index (χ3v) is 5.06. The van der Waals surface area contributed by atoms with Crippen LogP contribution >= 0.6 is 28.1 Å². The minimum atomic E-state index is -0.237. The Hall–Kier alpha value is -0.680. The minimum Gasteiger partial charge on any atom is -0.331 e. The lowest BCUT2D eigenvalue weighted by Gasteiger charge is -2.30. The molecular weight excluding hydrogens is 327 g/mol. The van der Waals surface area contributed by atoms with Gasteiger partial charge in [0.05, 0.1) is 15.5 Å². The maximum absolute atomic E-state index is 13.8. The van der Waals surface area contributed by atoms with E-state index in [9.17, 15) is 4.39 Å². The molecule has 1 fully saturated rings. The average molecular weight is 343 g/mol. The second-order valence-corrected chi connectivity index (χ2v) is 6.65. The van der Waals surface area contributed by atoms with E-state index in [0.29, 0.717) is 21.2 Å². The van der Waals surface area contributed by atoms with Crippen molar-refractivity contribution < 1.29 is 4.39 Å². The SMILES string of the molecule is CC1CCCCC1n1c(=S)[nH]c2cc(Br)c(F)cc21. The first-order chi connectivity index (χ1) is 9.08. The molecule has 19 heavy (non-hydrogen) atoms. The molecule has 0 aliphatic heterocycles. The van der Waals surface area contributed by atoms with Crippen LogP contribution in [0.5, 0.6) is 0 Å². The van der Waals surface area contributed by atoms with Crippen molar-refractivity contribution >= 4 is 39.2 Å². The summed E-state index contributed by atoms with van der Waals surface area (Å²) in [5.41, 5.74) is 1.78. The molecule has 0 radical (unpaired) electrons. The van der Waals surface area contributed by atoms with Gasteiger partial charge in [0.15, 0.2) is 4.77 Å². The number of hydrogen-bond acceptors (Lipinski definition) is 1. The van der Waals surface area contributed by atoms with Gasteiger partial charge in [-0.15, -0.1) is 0 Å². The second-order valence-electron chi connectivity index (χ2n) is 5.41. The van der Waals surface area contributed by atoms with Gasteiger partial charge in [-0.1, -0.05) is 19.8 Å². The molecule has 1 aliphatic carbocycles. The van der Waals surface area contributed by atoms with Crippen LogP contribution in [0, 0.1) is 16.5 Å². The van der Waals surface area contributed by atoms with Crippen LogP contribution in [-0.2, 0) is 0 Å². The van der Waals surface area contributed by atoms with Crippen molar-refractivity contribution in [1.82, 2.24) is 9.55 Å². The number of hydrogen-bond donors (Lipinski definition) is 1. The summed E-state index contributed by atoms with van der Waals surface area (Å²) >= 11 is 8.66. The molecule has 0 bridgehead atoms. The lowest BCUT2D eigenvalue weighted by Crippen LogP contribution is -2.21. The van der Waals surface area contributed by atoms with E-state index in [1.54, 1.807) is 12.1 Å². The van der Waals surface area contributed by atoms with Crippen molar-refractivity contribution in [2.75, 3.05) is 0 Å². The zero-order chi connectivity index (χ0) is 13.6. The first kappa shape index (κ1) is 13.3. The van der Waals surface area contributed by atoms with Gasteiger partial charge in [0.2, 0.25) is 0 Å². The van der Waals surface area contributed by atoms with Crippen LogP contribution in [0.15, 0.2) is 16.6 Å². The fraction of sp³-hybridized carbons (Fsp3) is 0.500. The second kappa shape index (κ2) is 5.02. The van der Waals surface area contributed by atoms with Gasteiger partial charge in [-0.25, -0.2) is 4.39 Å². The summed E-state index contributed by atoms with van der Waals surface area (Å²) < 4.78 is 17.1. The van der Waals surface area contributed by atoms with E-state index in [0.717, 1.165) is 17.5 Å². The highest BCUT2D eigenvalue weighted by atomic mass is 79.9. The molecule has 1 heterocycles. The van der Waals surface area contributed by atoms with Crippen molar-refractivity contribution in [1.29, 1.82) is 0 Å². The Labute approximate surface area is 125 Å². The van der Waals surface area contributed by atoms with E-state index in [1.807, 2.05) is 0 Å². The molecule has 0 saturated heterocycles. The van der Waals surface area contributed by atoms with Crippen molar-refractivity contribution in [2.24, 2.45) is 5.92 Å². The highest BCUT2D eigenvalue weighted by Crippen LogP contribution is 2.36. The number of benzene rings is 1. The third kappa shape index (κ3) is 2.27. The average Bonchev–Trinajstić information content (AvgIpc) is 2.66. The number of aromatic amines is 1. The number of fused-ring (bicyclic) bond motifs is 1. The Morgan fingerprint density at radius 1 is 1.37 bits per heavy atom. The smallest absolute Gasteiger partial charge is 0.178 e. The topological polar surface area (TPSA) is 20.7 Å². The van der Waals surface area contributed by atoms with Crippen molar-refractivity contribution in [2.45, 2.75) is 38.6 Å². The lowest BCUT2D eigenvalue weighted by molar-refractivity contribution is 0.260. The highest BCUT2D eigenvalue weighted by molar-refractivity contribution is 9.10. The van der Waals surface area contributed by atoms with E-state index in [-0.39, 0.29) is 5.82 Å². The van der Waals surface area contributed by atoms with Gasteiger partial charge in [-0.3, -0.25) is 0 Å². The van der Waals surface area contributed by atoms with Gasteiger partial charge in [-0.2, -0.15) is 0 Å². The van der Waals surface area contributed by atoms with E-state index < -0.39 is 0 Å². The van der Waals surface area contributed by atoms with E-state index in [2.05, 4.69) is 32.4 Å². The molecule has 2 nitrogen and oxygen atoms in total. The molecule has 5 heteroatoms. The normalized spacial score (nSPS) is 23.9. The maximum Gasteiger partial charge on any atom is 0.178 e. The van der Waals surface area contributed by atoms with Crippen LogP contribution in [0.3, 0.4) is 0 Å². The number of rotatable bonds is 1. The predicted octanol–water partition coefficient (Wildman–Crippen LogP) is 5.35. The Morgan fingerprint density at radius 2 is 2.11 bits per heavy atom. The molecule has 2 atom stereocenters. The molecule has 2 unspecified atom stereocenters. The third-order valence-electron chi connectivity index (χ3n) is 4.16. The zero-order valence-electron chi connectivity index (χ0n) is 10.7. The van der Waals surface area contributed by atoms with E-state index in [1.165, 1.54) is 19.3 Å². The fourth-order valence-electron chi connectivity index (χ4n) is 3.13. The Morgan fingerprint density at radius 3 is 2.84 bits per heavy atom. The standard InChI is InChI=1S/C14H16BrFN2S/c1-8-4-2-3-5-12(8)18-13-7-10(16)9(15)6-11(13)17-14(18)19/h6-8,12H,2-5H2,1H3,(H,17,19). The molecule has 0 spiro atoms. The summed E-state index contributed by atoms with van der Waals surface area (Å²) in [4.78, 5) is 3.19. The first-order valence-electron chi connectivity index (χ1n) is 6.67. The van der Waals surface area contributed by atoms with Crippen molar-refractivity contribution in [3.63, 3.8) is 0 Å². The van der Waals surface area contributed by atoms with Crippen LogP contribution in [-0.4, -0.2) is 9.55 Å². The number of halogens is 2. The number of imidazole rings is 1. The van der Waals surface area contributed by atoms with Crippen LogP contribution < -0.4 is 0 Å². The summed E-state index contributed by atoms with van der Waals surface area (Å²) in [5, 5.41) is 0. The van der Waals surface area contributed by atoms with Gasteiger partial charge in [0.1, 0.15) is 5.82 Å². The Bertz CT molecular complexity index is 676. The van der Waals surface area contributed by atoms with Gasteiger partial charge >= 0.3 is 0 Å². The van der Waals surface area contributed by atoms with Crippen LogP contribution in [0.1, 0.15) is 38.6 Å². The van der Waals surface area contributed by atoms with Crippen LogP contribution in [0.25, 0.3) is 11.0 Å². The number of H-pyrrole nitrogens is 1. The Kier molecular flexibility index (Phi) is 3.52. The van der Waals surface area contributed by atoms with Crippen LogP contribution in [0.2, 0.25) is 0 Å². The largest absolute Gasteiger partial charge is 0.331 e. The summed E-state index contributed by atoms with van der Waals surface area (Å²) in [6, 6.07) is 3.73. The molecule has 3 rings (SSSR count). The molecule has 1 aliphatic rings. The van der Waals surface area contributed by atoms with Gasteiger partial charge in [0, 0.05) is 12.1 Å². The maximum atomic E-state index is 13.8. The molecule has 1 saturated carbocycles. The van der Waals surface area contributed by atoms with Crippen LogP contribution in [0.4, 0.5) is 4.39 Å². The zero-order valence-corrected chi connectivity index (χ0v) is 13.2. The molecule has 102 valence electrons. The summed E-state index contributed by atoms with van der Waals surface area (Å²) in [7, 11) is 0. The highest BCUT2D eigenvalue weighted by Gasteiger charge is 2.25. The molecule has 2 aromatic rings. The molecule has 1 aromatic carbocycles. The van der Waals surface area contributed by atoms with Crippen molar-refractivity contribution in [3.05, 3.63) is 27.2 Å². The summed E-state index contributed by atoms with van der Waals surface area (Å²) in [6.07, 6.45) is 4.86. The number of aromatic nitrogens is 2. The summed E-state index contributed by atoms with van der Waals surface area (Å²) in [6.45, 7) is 2.26. The number of nitrogens with one attached hydrogen (secondary N) is 1. The molecule has 0 amide bonds. The quantitative estimate of drug-likeness (QED) is 0.692. The summed E-state index contributed by atoms with van der Waals surface area (Å²) in [5.74, 6) is 0.352. The predicted molar refractivity (Wildman–Crippen MR) is 81.4 cm³/mol. The first-order valence-corrected chi connectivity index (χ1v) is 7.87. The van der Waals surface area contributed by atoms with E-state index in [4.69, 9.17) is 12.2 Å². The van der Waals surface area contributed by atoms with Gasteiger partial charge in [-0.05, 0) is 53.0 Å². The van der Waals surface area contributed by atoms with Gasteiger partial charge in [0.25, 0.3) is 0 Å². The minimum absolute atomic E-state index is 0.237. The Balaban J connectivity index is 2.19. The van der Waals surface area contributed by atoms with Crippen molar-refractivity contribution in [3.8, 4) is 0 Å². The molecular formula is C14H16BrFN2S. The van der Waals surface area contributed by atoms with E-state index >= 15 is 0 Å². The molecule has 1 N–H and O–H groups in total. The molecule has 1 aromatic heterocycles. The fourth-order valence-corrected chi connectivity index (χ4v) is 3.82.